The first-order chi connectivity index (χ1) is 9.93. The van der Waals surface area contributed by atoms with E-state index in [-0.39, 0.29) is 11.9 Å². The summed E-state index contributed by atoms with van der Waals surface area (Å²) in [6.07, 6.45) is 3.95. The maximum Gasteiger partial charge on any atom is 0.128 e. The molecule has 0 spiro atoms. The third-order valence-electron chi connectivity index (χ3n) is 4.99. The van der Waals surface area contributed by atoms with Crippen LogP contribution in [0.15, 0.2) is 12.1 Å². The van der Waals surface area contributed by atoms with Crippen LogP contribution in [-0.4, -0.2) is 12.7 Å². The summed E-state index contributed by atoms with van der Waals surface area (Å²) in [6.45, 7) is 6.09. The van der Waals surface area contributed by atoms with Crippen LogP contribution in [0.3, 0.4) is 0 Å². The summed E-state index contributed by atoms with van der Waals surface area (Å²) in [5.74, 6) is 6.30. The molecule has 3 N–H and O–H groups in total. The van der Waals surface area contributed by atoms with E-state index < -0.39 is 5.60 Å². The summed E-state index contributed by atoms with van der Waals surface area (Å²) in [5.41, 5.74) is 4.89. The van der Waals surface area contributed by atoms with Crippen LogP contribution in [0, 0.1) is 25.6 Å². The fraction of sp³-hybridized carbons (Fsp3) is 0.647. The molecule has 1 atom stereocenters. The molecule has 1 saturated carbocycles. The molecule has 4 heteroatoms. The molecule has 0 bridgehead atoms. The van der Waals surface area contributed by atoms with Crippen molar-refractivity contribution in [1.82, 2.24) is 5.43 Å². The smallest absolute Gasteiger partial charge is 0.128 e. The van der Waals surface area contributed by atoms with Crippen molar-refractivity contribution in [3.05, 3.63) is 34.6 Å². The number of ether oxygens (including phenoxy) is 1. The molecule has 2 rings (SSSR count). The summed E-state index contributed by atoms with van der Waals surface area (Å²) in [5, 5.41) is 0. The predicted molar refractivity (Wildman–Crippen MR) is 83.3 cm³/mol. The SMILES string of the molecule is COC1(C(NN)c2c(C)cc(C)cc2F)CCC(C)CC1. The number of hydrogen-bond acceptors (Lipinski definition) is 3. The van der Waals surface area contributed by atoms with E-state index in [0.29, 0.717) is 11.5 Å². The Morgan fingerprint density at radius 1 is 1.33 bits per heavy atom. The fourth-order valence-electron chi connectivity index (χ4n) is 3.65. The number of aryl methyl sites for hydroxylation is 2. The number of hydrazine groups is 1. The molecule has 0 amide bonds. The standard InChI is InChI=1S/C17H27FN2O/c1-11-5-7-17(21-4,8-6-11)16(20-19)15-13(3)9-12(2)10-14(15)18/h9-11,16,20H,5-8,19H2,1-4H3. The third-order valence-corrected chi connectivity index (χ3v) is 4.99. The second kappa shape index (κ2) is 6.42. The first-order valence-corrected chi connectivity index (χ1v) is 7.71. The van der Waals surface area contributed by atoms with E-state index in [1.165, 1.54) is 0 Å². The number of halogens is 1. The molecule has 0 aliphatic heterocycles. The molecule has 0 radical (unpaired) electrons. The van der Waals surface area contributed by atoms with E-state index >= 15 is 0 Å². The molecular formula is C17H27FN2O. The van der Waals surface area contributed by atoms with Crippen molar-refractivity contribution >= 4 is 0 Å². The lowest BCUT2D eigenvalue weighted by atomic mass is 9.73. The van der Waals surface area contributed by atoms with Gasteiger partial charge in [0.1, 0.15) is 5.82 Å². The summed E-state index contributed by atoms with van der Waals surface area (Å²) in [7, 11) is 1.71. The largest absolute Gasteiger partial charge is 0.376 e. The van der Waals surface area contributed by atoms with Crippen LogP contribution in [0.5, 0.6) is 0 Å². The van der Waals surface area contributed by atoms with Crippen LogP contribution >= 0.6 is 0 Å². The van der Waals surface area contributed by atoms with E-state index in [0.717, 1.165) is 36.8 Å². The Balaban J connectivity index is 2.43. The molecule has 0 heterocycles. The second-order valence-electron chi connectivity index (χ2n) is 6.53. The lowest BCUT2D eigenvalue weighted by molar-refractivity contribution is -0.0770. The first-order valence-electron chi connectivity index (χ1n) is 7.71. The molecule has 1 aliphatic carbocycles. The summed E-state index contributed by atoms with van der Waals surface area (Å²) in [4.78, 5) is 0. The van der Waals surface area contributed by atoms with Crippen LogP contribution in [-0.2, 0) is 4.74 Å². The van der Waals surface area contributed by atoms with Crippen LogP contribution in [0.25, 0.3) is 0 Å². The van der Waals surface area contributed by atoms with Gasteiger partial charge in [-0.15, -0.1) is 0 Å². The van der Waals surface area contributed by atoms with E-state index in [1.807, 2.05) is 19.9 Å². The highest BCUT2D eigenvalue weighted by atomic mass is 19.1. The molecule has 118 valence electrons. The highest BCUT2D eigenvalue weighted by Gasteiger charge is 2.43. The zero-order valence-corrected chi connectivity index (χ0v) is 13.5. The maximum absolute atomic E-state index is 14.5. The van der Waals surface area contributed by atoms with Gasteiger partial charge in [0.2, 0.25) is 0 Å². The Labute approximate surface area is 127 Å². The van der Waals surface area contributed by atoms with Gasteiger partial charge in [-0.2, -0.15) is 0 Å². The first kappa shape index (κ1) is 16.4. The molecule has 21 heavy (non-hydrogen) atoms. The molecule has 1 aromatic rings. The number of hydrogen-bond donors (Lipinski definition) is 2. The minimum Gasteiger partial charge on any atom is -0.376 e. The molecule has 1 aromatic carbocycles. The Bertz CT molecular complexity index is 473. The van der Waals surface area contributed by atoms with Crippen molar-refractivity contribution in [3.63, 3.8) is 0 Å². The minimum atomic E-state index is -0.428. The van der Waals surface area contributed by atoms with Crippen LogP contribution in [0.2, 0.25) is 0 Å². The zero-order valence-electron chi connectivity index (χ0n) is 13.5. The Hall–Kier alpha value is -0.970. The molecule has 1 fully saturated rings. The molecular weight excluding hydrogens is 267 g/mol. The van der Waals surface area contributed by atoms with E-state index in [2.05, 4.69) is 12.3 Å². The van der Waals surface area contributed by atoms with Crippen LogP contribution in [0.1, 0.15) is 55.3 Å². The van der Waals surface area contributed by atoms with Crippen molar-refractivity contribution < 1.29 is 9.13 Å². The van der Waals surface area contributed by atoms with Gasteiger partial charge in [-0.05, 0) is 62.6 Å². The Kier molecular flexibility index (Phi) is 5.02. The number of benzene rings is 1. The van der Waals surface area contributed by atoms with Gasteiger partial charge in [0.05, 0.1) is 11.6 Å². The molecule has 1 unspecified atom stereocenters. The summed E-state index contributed by atoms with van der Waals surface area (Å²) < 4.78 is 20.4. The van der Waals surface area contributed by atoms with Gasteiger partial charge in [0.25, 0.3) is 0 Å². The third kappa shape index (κ3) is 3.12. The maximum atomic E-state index is 14.5. The average Bonchev–Trinajstić information content (AvgIpc) is 2.44. The van der Waals surface area contributed by atoms with Crippen LogP contribution < -0.4 is 11.3 Å². The number of rotatable bonds is 4. The lowest BCUT2D eigenvalue weighted by Gasteiger charge is -2.44. The van der Waals surface area contributed by atoms with Gasteiger partial charge in [-0.1, -0.05) is 13.0 Å². The molecule has 0 aromatic heterocycles. The van der Waals surface area contributed by atoms with Gasteiger partial charge in [0, 0.05) is 12.7 Å². The lowest BCUT2D eigenvalue weighted by Crippen LogP contribution is -2.50. The minimum absolute atomic E-state index is 0.203. The fourth-order valence-corrected chi connectivity index (χ4v) is 3.65. The van der Waals surface area contributed by atoms with Crippen molar-refractivity contribution in [2.45, 2.75) is 58.1 Å². The van der Waals surface area contributed by atoms with Gasteiger partial charge in [-0.25, -0.2) is 9.82 Å². The predicted octanol–water partition coefficient (Wildman–Crippen LogP) is 3.54. The second-order valence-corrected chi connectivity index (χ2v) is 6.53. The monoisotopic (exact) mass is 294 g/mol. The van der Waals surface area contributed by atoms with Gasteiger partial charge in [-0.3, -0.25) is 5.84 Å². The molecule has 1 aliphatic rings. The molecule has 0 saturated heterocycles. The van der Waals surface area contributed by atoms with Gasteiger partial charge < -0.3 is 4.74 Å². The highest BCUT2D eigenvalue weighted by Crippen LogP contribution is 2.44. The van der Waals surface area contributed by atoms with E-state index in [1.54, 1.807) is 13.2 Å². The summed E-state index contributed by atoms with van der Waals surface area (Å²) in [6, 6.07) is 3.24. The number of methoxy groups -OCH3 is 1. The number of nitrogens with one attached hydrogen (secondary N) is 1. The zero-order chi connectivity index (χ0) is 15.6. The van der Waals surface area contributed by atoms with Crippen LogP contribution in [0.4, 0.5) is 4.39 Å². The Morgan fingerprint density at radius 3 is 2.43 bits per heavy atom. The topological polar surface area (TPSA) is 47.3 Å². The van der Waals surface area contributed by atoms with Gasteiger partial charge in [0.15, 0.2) is 0 Å². The highest BCUT2D eigenvalue weighted by molar-refractivity contribution is 5.36. The number of nitrogens with two attached hydrogens (primary N) is 1. The van der Waals surface area contributed by atoms with E-state index in [9.17, 15) is 4.39 Å². The van der Waals surface area contributed by atoms with Gasteiger partial charge >= 0.3 is 0 Å². The quantitative estimate of drug-likeness (QED) is 0.659. The summed E-state index contributed by atoms with van der Waals surface area (Å²) >= 11 is 0. The average molecular weight is 294 g/mol. The van der Waals surface area contributed by atoms with Crippen molar-refractivity contribution in [1.29, 1.82) is 0 Å². The van der Waals surface area contributed by atoms with E-state index in [4.69, 9.17) is 10.6 Å². The molecule has 3 nitrogen and oxygen atoms in total. The Morgan fingerprint density at radius 2 is 1.95 bits per heavy atom. The van der Waals surface area contributed by atoms with Crippen molar-refractivity contribution in [2.75, 3.05) is 7.11 Å². The van der Waals surface area contributed by atoms with Crippen molar-refractivity contribution in [2.24, 2.45) is 11.8 Å². The van der Waals surface area contributed by atoms with Crippen molar-refractivity contribution in [3.8, 4) is 0 Å². The normalized spacial score (nSPS) is 27.6.